The summed E-state index contributed by atoms with van der Waals surface area (Å²) >= 11 is 3.07. The van der Waals surface area contributed by atoms with Gasteiger partial charge in [-0.25, -0.2) is 0 Å². The minimum absolute atomic E-state index is 0.0391. The molecule has 0 spiro atoms. The number of carbonyl (C=O) groups excluding carboxylic acids is 1. The van der Waals surface area contributed by atoms with Gasteiger partial charge in [0.25, 0.3) is 5.91 Å². The fourth-order valence-corrected chi connectivity index (χ4v) is 4.97. The van der Waals surface area contributed by atoms with Gasteiger partial charge in [-0.2, -0.15) is 15.1 Å². The molecule has 0 radical (unpaired) electrons. The van der Waals surface area contributed by atoms with E-state index < -0.39 is 5.91 Å². The minimum atomic E-state index is -0.425. The second kappa shape index (κ2) is 6.84. The summed E-state index contributed by atoms with van der Waals surface area (Å²) in [6.07, 6.45) is 7.95. The Kier molecular flexibility index (Phi) is 4.56. The number of furan rings is 1. The zero-order chi connectivity index (χ0) is 17.4. The van der Waals surface area contributed by atoms with Gasteiger partial charge in [0.15, 0.2) is 10.9 Å². The van der Waals surface area contributed by atoms with E-state index in [1.54, 1.807) is 17.8 Å². The lowest BCUT2D eigenvalue weighted by atomic mass is 10.0. The monoisotopic (exact) mass is 374 g/mol. The van der Waals surface area contributed by atoms with E-state index in [0.717, 1.165) is 10.1 Å². The van der Waals surface area contributed by atoms with Gasteiger partial charge < -0.3 is 4.42 Å². The Morgan fingerprint density at radius 1 is 1.36 bits per heavy atom. The van der Waals surface area contributed by atoms with Crippen LogP contribution in [0, 0.1) is 5.41 Å². The average Bonchev–Trinajstić information content (AvgIpc) is 3.18. The maximum absolute atomic E-state index is 12.2. The largest absolute Gasteiger partial charge is 0.450 e. The average molecular weight is 374 g/mol. The molecule has 2 aliphatic heterocycles. The van der Waals surface area contributed by atoms with Gasteiger partial charge in [-0.3, -0.25) is 10.2 Å². The number of hydrazone groups is 1. The summed E-state index contributed by atoms with van der Waals surface area (Å²) in [7, 11) is 0. The Balaban J connectivity index is 1.53. The van der Waals surface area contributed by atoms with Crippen molar-refractivity contribution in [3.05, 3.63) is 23.5 Å². The molecular formula is C17H18N4O2S2. The van der Waals surface area contributed by atoms with Crippen LogP contribution in [0.4, 0.5) is 0 Å². The minimum Gasteiger partial charge on any atom is -0.450 e. The Morgan fingerprint density at radius 3 is 2.96 bits per heavy atom. The van der Waals surface area contributed by atoms with E-state index in [-0.39, 0.29) is 11.4 Å². The van der Waals surface area contributed by atoms with Crippen molar-refractivity contribution < 1.29 is 9.21 Å². The van der Waals surface area contributed by atoms with Crippen molar-refractivity contribution in [3.63, 3.8) is 0 Å². The molecule has 1 amide bonds. The second-order valence-electron chi connectivity index (χ2n) is 6.17. The molecular weight excluding hydrogens is 356 g/mol. The summed E-state index contributed by atoms with van der Waals surface area (Å²) in [5, 5.41) is 16.6. The van der Waals surface area contributed by atoms with Crippen LogP contribution < -0.4 is 0 Å². The lowest BCUT2D eigenvalue weighted by Gasteiger charge is -2.20. The first-order valence-electron chi connectivity index (χ1n) is 8.33. The number of fused-ring (bicyclic) bond motifs is 1. The highest BCUT2D eigenvalue weighted by molar-refractivity contribution is 8.26. The number of amidine groups is 2. The van der Waals surface area contributed by atoms with Crippen molar-refractivity contribution in [3.8, 4) is 0 Å². The van der Waals surface area contributed by atoms with Gasteiger partial charge in [0.1, 0.15) is 5.76 Å². The van der Waals surface area contributed by atoms with E-state index in [1.807, 2.05) is 19.1 Å². The predicted octanol–water partition coefficient (Wildman–Crippen LogP) is 4.34. The topological polar surface area (TPSA) is 82.0 Å². The molecule has 0 aromatic carbocycles. The molecule has 1 aromatic rings. The molecule has 0 atom stereocenters. The third-order valence-corrected chi connectivity index (χ3v) is 6.36. The van der Waals surface area contributed by atoms with Crippen molar-refractivity contribution in [1.82, 2.24) is 5.01 Å². The molecule has 1 saturated carbocycles. The van der Waals surface area contributed by atoms with E-state index in [1.165, 1.54) is 48.9 Å². The SMILES string of the molecule is CC1=NN2C(=N)/C(=C/c3ccc(SC4CCCCC4)o3)C(=O)N=C2S1. The maximum Gasteiger partial charge on any atom is 0.283 e. The normalized spacial score (nSPS) is 23.1. The molecule has 1 aromatic heterocycles. The van der Waals surface area contributed by atoms with Gasteiger partial charge in [-0.05, 0) is 49.7 Å². The van der Waals surface area contributed by atoms with Crippen molar-refractivity contribution in [2.24, 2.45) is 10.1 Å². The highest BCUT2D eigenvalue weighted by atomic mass is 32.2. The molecule has 6 nitrogen and oxygen atoms in total. The van der Waals surface area contributed by atoms with Crippen molar-refractivity contribution in [2.75, 3.05) is 0 Å². The van der Waals surface area contributed by atoms with Gasteiger partial charge >= 0.3 is 0 Å². The summed E-state index contributed by atoms with van der Waals surface area (Å²) in [5.74, 6) is 0.182. The van der Waals surface area contributed by atoms with E-state index in [0.29, 0.717) is 16.2 Å². The lowest BCUT2D eigenvalue weighted by Crippen LogP contribution is -2.35. The number of nitrogens with zero attached hydrogens (tertiary/aromatic N) is 3. The fraction of sp³-hybridized carbons (Fsp3) is 0.412. The number of carbonyl (C=O) groups is 1. The first-order valence-corrected chi connectivity index (χ1v) is 10.0. The second-order valence-corrected chi connectivity index (χ2v) is 8.64. The van der Waals surface area contributed by atoms with Crippen LogP contribution in [0.2, 0.25) is 0 Å². The van der Waals surface area contributed by atoms with Crippen LogP contribution in [0.5, 0.6) is 0 Å². The first kappa shape index (κ1) is 16.7. The highest BCUT2D eigenvalue weighted by Gasteiger charge is 2.34. The molecule has 3 aliphatic rings. The molecule has 1 aliphatic carbocycles. The summed E-state index contributed by atoms with van der Waals surface area (Å²) < 4.78 is 5.85. The third kappa shape index (κ3) is 3.46. The third-order valence-electron chi connectivity index (χ3n) is 4.28. The van der Waals surface area contributed by atoms with Gasteiger partial charge in [0, 0.05) is 5.25 Å². The van der Waals surface area contributed by atoms with Crippen LogP contribution in [0.1, 0.15) is 44.8 Å². The number of hydrogen-bond acceptors (Lipinski definition) is 6. The quantitative estimate of drug-likeness (QED) is 0.796. The number of hydrogen-bond donors (Lipinski definition) is 1. The van der Waals surface area contributed by atoms with E-state index in [4.69, 9.17) is 9.83 Å². The first-order chi connectivity index (χ1) is 12.1. The molecule has 0 saturated heterocycles. The van der Waals surface area contributed by atoms with Gasteiger partial charge in [0.05, 0.1) is 10.6 Å². The molecule has 4 rings (SSSR count). The number of rotatable bonds is 3. The van der Waals surface area contributed by atoms with E-state index in [9.17, 15) is 4.79 Å². The zero-order valence-electron chi connectivity index (χ0n) is 13.8. The van der Waals surface area contributed by atoms with Crippen molar-refractivity contribution in [1.29, 1.82) is 5.41 Å². The highest BCUT2D eigenvalue weighted by Crippen LogP contribution is 2.35. The number of thioether (sulfide) groups is 2. The number of aliphatic imine (C=N–C) groups is 1. The molecule has 0 unspecified atom stereocenters. The fourth-order valence-electron chi connectivity index (χ4n) is 3.05. The number of amides is 1. The van der Waals surface area contributed by atoms with Gasteiger partial charge in [-0.15, -0.1) is 0 Å². The zero-order valence-corrected chi connectivity index (χ0v) is 15.5. The summed E-state index contributed by atoms with van der Waals surface area (Å²) in [5.41, 5.74) is 0.200. The Bertz CT molecular complexity index is 818. The van der Waals surface area contributed by atoms with Gasteiger partial charge in [-0.1, -0.05) is 31.0 Å². The molecule has 25 heavy (non-hydrogen) atoms. The Morgan fingerprint density at radius 2 is 2.16 bits per heavy atom. The smallest absolute Gasteiger partial charge is 0.283 e. The molecule has 130 valence electrons. The van der Waals surface area contributed by atoms with Crippen LogP contribution >= 0.6 is 23.5 Å². The summed E-state index contributed by atoms with van der Waals surface area (Å²) in [4.78, 5) is 16.3. The van der Waals surface area contributed by atoms with Crippen LogP contribution in [0.15, 0.2) is 37.3 Å². The number of nitrogens with one attached hydrogen (secondary N) is 1. The summed E-state index contributed by atoms with van der Waals surface area (Å²) in [6, 6.07) is 3.77. The van der Waals surface area contributed by atoms with E-state index in [2.05, 4.69) is 10.1 Å². The maximum atomic E-state index is 12.2. The standard InChI is InChI=1S/C17H18N4O2S2/c1-10-20-21-15(18)13(16(22)19-17(21)24-10)9-11-7-8-14(23-11)25-12-5-3-2-4-6-12/h7-9,12,18H,2-6H2,1H3/b13-9-,18-15?. The predicted molar refractivity (Wildman–Crippen MR) is 102 cm³/mol. The van der Waals surface area contributed by atoms with Crippen LogP contribution in [-0.2, 0) is 4.79 Å². The Hall–Kier alpha value is -1.80. The van der Waals surface area contributed by atoms with Crippen LogP contribution in [0.3, 0.4) is 0 Å². The Labute approximate surface area is 154 Å². The van der Waals surface area contributed by atoms with Crippen LogP contribution in [0.25, 0.3) is 6.08 Å². The van der Waals surface area contributed by atoms with Crippen LogP contribution in [-0.4, -0.2) is 32.2 Å². The molecule has 1 N–H and O–H groups in total. The molecule has 8 heteroatoms. The molecule has 0 bridgehead atoms. The van der Waals surface area contributed by atoms with Gasteiger partial charge in [0.2, 0.25) is 5.17 Å². The molecule has 3 heterocycles. The molecule has 1 fully saturated rings. The lowest BCUT2D eigenvalue weighted by molar-refractivity contribution is -0.114. The van der Waals surface area contributed by atoms with Crippen molar-refractivity contribution in [2.45, 2.75) is 49.4 Å². The van der Waals surface area contributed by atoms with Crippen molar-refractivity contribution >= 4 is 51.6 Å². The van der Waals surface area contributed by atoms with E-state index >= 15 is 0 Å². The summed E-state index contributed by atoms with van der Waals surface area (Å²) in [6.45, 7) is 1.83.